The van der Waals surface area contributed by atoms with Gasteiger partial charge in [-0.15, -0.1) is 0 Å². The summed E-state index contributed by atoms with van der Waals surface area (Å²) in [5.74, 6) is 0.633. The van der Waals surface area contributed by atoms with Gasteiger partial charge in [0.1, 0.15) is 0 Å². The molecule has 1 saturated carbocycles. The molecule has 1 aliphatic carbocycles. The van der Waals surface area contributed by atoms with Gasteiger partial charge in [-0.1, -0.05) is 31.5 Å². The van der Waals surface area contributed by atoms with E-state index in [-0.39, 0.29) is 6.10 Å². The summed E-state index contributed by atoms with van der Waals surface area (Å²) in [6.07, 6.45) is 5.55. The SMILES string of the molecule is CCCN1CCN(c2ccccc2CNCC2CCCC(O)C2)CC1. The monoisotopic (exact) mass is 345 g/mol. The van der Waals surface area contributed by atoms with E-state index in [1.807, 2.05) is 0 Å². The van der Waals surface area contributed by atoms with Crippen molar-refractivity contribution in [1.29, 1.82) is 0 Å². The van der Waals surface area contributed by atoms with Crippen LogP contribution in [-0.2, 0) is 6.54 Å². The molecule has 4 nitrogen and oxygen atoms in total. The van der Waals surface area contributed by atoms with E-state index in [9.17, 15) is 5.11 Å². The lowest BCUT2D eigenvalue weighted by molar-refractivity contribution is 0.101. The average molecular weight is 346 g/mol. The molecular weight excluding hydrogens is 310 g/mol. The third-order valence-corrected chi connectivity index (χ3v) is 5.75. The van der Waals surface area contributed by atoms with Gasteiger partial charge in [-0.25, -0.2) is 0 Å². The van der Waals surface area contributed by atoms with Gasteiger partial charge in [-0.3, -0.25) is 4.90 Å². The molecule has 0 spiro atoms. The fourth-order valence-corrected chi connectivity index (χ4v) is 4.36. The highest BCUT2D eigenvalue weighted by molar-refractivity contribution is 5.54. The van der Waals surface area contributed by atoms with E-state index < -0.39 is 0 Å². The molecular formula is C21H35N3O. The predicted molar refractivity (Wildman–Crippen MR) is 105 cm³/mol. The van der Waals surface area contributed by atoms with E-state index in [2.05, 4.69) is 46.3 Å². The van der Waals surface area contributed by atoms with Gasteiger partial charge < -0.3 is 15.3 Å². The molecule has 1 aromatic carbocycles. The van der Waals surface area contributed by atoms with E-state index in [0.717, 1.165) is 39.0 Å². The Labute approximate surface area is 153 Å². The van der Waals surface area contributed by atoms with Crippen LogP contribution >= 0.6 is 0 Å². The van der Waals surface area contributed by atoms with Crippen LogP contribution in [0.5, 0.6) is 0 Å². The Morgan fingerprint density at radius 3 is 2.68 bits per heavy atom. The smallest absolute Gasteiger partial charge is 0.0543 e. The summed E-state index contributed by atoms with van der Waals surface area (Å²) in [4.78, 5) is 5.12. The lowest BCUT2D eigenvalue weighted by Gasteiger charge is -2.37. The van der Waals surface area contributed by atoms with Crippen LogP contribution < -0.4 is 10.2 Å². The number of nitrogens with one attached hydrogen (secondary N) is 1. The second kappa shape index (κ2) is 9.56. The molecule has 0 amide bonds. The van der Waals surface area contributed by atoms with E-state index >= 15 is 0 Å². The van der Waals surface area contributed by atoms with Gasteiger partial charge in [0.2, 0.25) is 0 Å². The van der Waals surface area contributed by atoms with Crippen molar-refractivity contribution in [2.45, 2.75) is 51.7 Å². The maximum Gasteiger partial charge on any atom is 0.0543 e. The maximum atomic E-state index is 9.83. The minimum Gasteiger partial charge on any atom is -0.393 e. The lowest BCUT2D eigenvalue weighted by atomic mass is 9.87. The number of aliphatic hydroxyl groups is 1. The minimum atomic E-state index is -0.0766. The Hall–Kier alpha value is -1.10. The molecule has 0 radical (unpaired) electrons. The van der Waals surface area contributed by atoms with Gasteiger partial charge in [0.05, 0.1) is 6.10 Å². The van der Waals surface area contributed by atoms with Crippen molar-refractivity contribution in [3.05, 3.63) is 29.8 Å². The van der Waals surface area contributed by atoms with Crippen LogP contribution in [0, 0.1) is 5.92 Å². The van der Waals surface area contributed by atoms with Gasteiger partial charge in [0.15, 0.2) is 0 Å². The van der Waals surface area contributed by atoms with Crippen LogP contribution in [0.2, 0.25) is 0 Å². The molecule has 3 rings (SSSR count). The Morgan fingerprint density at radius 2 is 1.92 bits per heavy atom. The van der Waals surface area contributed by atoms with Crippen molar-refractivity contribution in [2.24, 2.45) is 5.92 Å². The summed E-state index contributed by atoms with van der Waals surface area (Å²) in [6, 6.07) is 8.85. The molecule has 4 heteroatoms. The topological polar surface area (TPSA) is 38.7 Å². The Balaban J connectivity index is 1.51. The number of aliphatic hydroxyl groups excluding tert-OH is 1. The standard InChI is InChI=1S/C21H35N3O/c1-2-10-23-11-13-24(14-12-23)21-9-4-3-7-19(21)17-22-16-18-6-5-8-20(25)15-18/h3-4,7,9,18,20,22,25H,2,5-6,8,10-17H2,1H3. The van der Waals surface area contributed by atoms with Gasteiger partial charge in [-0.05, 0) is 56.3 Å². The van der Waals surface area contributed by atoms with E-state index in [0.29, 0.717) is 5.92 Å². The Bertz CT molecular complexity index is 514. The van der Waals surface area contributed by atoms with Crippen LogP contribution in [-0.4, -0.2) is 55.4 Å². The fourth-order valence-electron chi connectivity index (χ4n) is 4.36. The summed E-state index contributed by atoms with van der Waals surface area (Å²) >= 11 is 0. The normalized spacial score (nSPS) is 25.3. The maximum absolute atomic E-state index is 9.83. The van der Waals surface area contributed by atoms with Crippen molar-refractivity contribution < 1.29 is 5.11 Å². The summed E-state index contributed by atoms with van der Waals surface area (Å²) in [5.41, 5.74) is 2.80. The van der Waals surface area contributed by atoms with Crippen LogP contribution in [0.1, 0.15) is 44.6 Å². The zero-order valence-corrected chi connectivity index (χ0v) is 15.8. The Kier molecular flexibility index (Phi) is 7.14. The van der Waals surface area contributed by atoms with E-state index in [1.54, 1.807) is 0 Å². The minimum absolute atomic E-state index is 0.0766. The molecule has 0 bridgehead atoms. The molecule has 2 aliphatic rings. The third kappa shape index (κ3) is 5.44. The van der Waals surface area contributed by atoms with Gasteiger partial charge >= 0.3 is 0 Å². The molecule has 140 valence electrons. The number of hydrogen-bond acceptors (Lipinski definition) is 4. The predicted octanol–water partition coefficient (Wildman–Crippen LogP) is 2.86. The zero-order valence-electron chi connectivity index (χ0n) is 15.8. The van der Waals surface area contributed by atoms with Crippen molar-refractivity contribution >= 4 is 5.69 Å². The van der Waals surface area contributed by atoms with Crippen molar-refractivity contribution in [3.8, 4) is 0 Å². The Morgan fingerprint density at radius 1 is 1.12 bits per heavy atom. The highest BCUT2D eigenvalue weighted by Crippen LogP contribution is 2.25. The first-order valence-corrected chi connectivity index (χ1v) is 10.2. The quantitative estimate of drug-likeness (QED) is 0.797. The molecule has 2 unspecified atom stereocenters. The van der Waals surface area contributed by atoms with Crippen LogP contribution in [0.15, 0.2) is 24.3 Å². The molecule has 2 N–H and O–H groups in total. The molecule has 0 aromatic heterocycles. The summed E-state index contributed by atoms with van der Waals surface area (Å²) < 4.78 is 0. The van der Waals surface area contributed by atoms with Crippen LogP contribution in [0.3, 0.4) is 0 Å². The summed E-state index contributed by atoms with van der Waals surface area (Å²) in [6.45, 7) is 10.1. The van der Waals surface area contributed by atoms with E-state index in [1.165, 1.54) is 50.1 Å². The first-order chi connectivity index (χ1) is 12.3. The van der Waals surface area contributed by atoms with Gasteiger partial charge in [0, 0.05) is 38.4 Å². The summed E-state index contributed by atoms with van der Waals surface area (Å²) in [7, 11) is 0. The molecule has 1 aliphatic heterocycles. The number of anilines is 1. The first-order valence-electron chi connectivity index (χ1n) is 10.2. The molecule has 2 atom stereocenters. The number of hydrogen-bond donors (Lipinski definition) is 2. The first kappa shape index (κ1) is 18.7. The third-order valence-electron chi connectivity index (χ3n) is 5.75. The van der Waals surface area contributed by atoms with Crippen LogP contribution in [0.25, 0.3) is 0 Å². The highest BCUT2D eigenvalue weighted by atomic mass is 16.3. The van der Waals surface area contributed by atoms with Gasteiger partial charge in [0.25, 0.3) is 0 Å². The highest BCUT2D eigenvalue weighted by Gasteiger charge is 2.21. The lowest BCUT2D eigenvalue weighted by Crippen LogP contribution is -2.46. The largest absolute Gasteiger partial charge is 0.393 e. The number of nitrogens with zero attached hydrogens (tertiary/aromatic N) is 2. The van der Waals surface area contributed by atoms with Crippen molar-refractivity contribution in [3.63, 3.8) is 0 Å². The number of para-hydroxylation sites is 1. The second-order valence-electron chi connectivity index (χ2n) is 7.77. The van der Waals surface area contributed by atoms with Gasteiger partial charge in [-0.2, -0.15) is 0 Å². The van der Waals surface area contributed by atoms with Crippen LogP contribution in [0.4, 0.5) is 5.69 Å². The molecule has 25 heavy (non-hydrogen) atoms. The molecule has 1 aromatic rings. The van der Waals surface area contributed by atoms with Crippen molar-refractivity contribution in [2.75, 3.05) is 44.2 Å². The number of rotatable bonds is 7. The average Bonchev–Trinajstić information content (AvgIpc) is 2.63. The zero-order chi connectivity index (χ0) is 17.5. The second-order valence-corrected chi connectivity index (χ2v) is 7.77. The molecule has 1 heterocycles. The fraction of sp³-hybridized carbons (Fsp3) is 0.714. The van der Waals surface area contributed by atoms with Crippen molar-refractivity contribution in [1.82, 2.24) is 10.2 Å². The number of piperazine rings is 1. The molecule has 2 fully saturated rings. The number of benzene rings is 1. The van der Waals surface area contributed by atoms with E-state index in [4.69, 9.17) is 0 Å². The molecule has 1 saturated heterocycles. The summed E-state index contributed by atoms with van der Waals surface area (Å²) in [5, 5.41) is 13.5.